The molecule has 5 heteroatoms. The van der Waals surface area contributed by atoms with Gasteiger partial charge in [-0.3, -0.25) is 9.59 Å². The number of rotatable bonds is 4. The van der Waals surface area contributed by atoms with Crippen molar-refractivity contribution >= 4 is 11.7 Å². The van der Waals surface area contributed by atoms with Gasteiger partial charge in [0.15, 0.2) is 11.5 Å². The molecule has 1 fully saturated rings. The average Bonchev–Trinajstić information content (AvgIpc) is 3.20. The summed E-state index contributed by atoms with van der Waals surface area (Å²) in [5, 5.41) is 10.3. The maximum Gasteiger partial charge on any atom is 0.290 e. The van der Waals surface area contributed by atoms with Crippen molar-refractivity contribution < 1.29 is 19.1 Å². The Morgan fingerprint density at radius 1 is 1.36 bits per heavy atom. The molecule has 0 spiro atoms. The van der Waals surface area contributed by atoms with Crippen molar-refractivity contribution in [1.82, 2.24) is 4.90 Å². The van der Waals surface area contributed by atoms with Gasteiger partial charge in [-0.15, -0.1) is 0 Å². The highest BCUT2D eigenvalue weighted by atomic mass is 16.3. The van der Waals surface area contributed by atoms with E-state index in [4.69, 9.17) is 4.42 Å². The molecular weight excluding hydrogens is 282 g/mol. The zero-order valence-electron chi connectivity index (χ0n) is 13.0. The van der Waals surface area contributed by atoms with Crippen molar-refractivity contribution in [3.05, 3.63) is 35.0 Å². The molecule has 0 saturated heterocycles. The van der Waals surface area contributed by atoms with Crippen LogP contribution >= 0.6 is 0 Å². The second kappa shape index (κ2) is 5.63. The van der Waals surface area contributed by atoms with Crippen LogP contribution in [0.4, 0.5) is 0 Å². The van der Waals surface area contributed by atoms with Gasteiger partial charge in [0.2, 0.25) is 0 Å². The Balaban J connectivity index is 2.07. The first-order chi connectivity index (χ1) is 10.5. The molecule has 1 aliphatic carbocycles. The maximum atomic E-state index is 12.5. The summed E-state index contributed by atoms with van der Waals surface area (Å²) < 4.78 is 5.69. The molecule has 3 rings (SSSR count). The molecule has 118 valence electrons. The van der Waals surface area contributed by atoms with Crippen LogP contribution < -0.4 is 0 Å². The zero-order chi connectivity index (χ0) is 15.9. The fourth-order valence-electron chi connectivity index (χ4n) is 3.54. The van der Waals surface area contributed by atoms with Crippen LogP contribution in [0.1, 0.15) is 56.6 Å². The predicted molar refractivity (Wildman–Crippen MR) is 80.2 cm³/mol. The number of aliphatic hydroxyl groups excluding tert-OH is 1. The van der Waals surface area contributed by atoms with E-state index in [-0.39, 0.29) is 23.8 Å². The van der Waals surface area contributed by atoms with Crippen LogP contribution in [0.25, 0.3) is 0 Å². The summed E-state index contributed by atoms with van der Waals surface area (Å²) in [5.74, 6) is 0.230. The molecule has 0 bridgehead atoms. The van der Waals surface area contributed by atoms with Gasteiger partial charge in [0, 0.05) is 12.5 Å². The Kier molecular flexibility index (Phi) is 3.81. The number of hydrogen-bond donors (Lipinski definition) is 1. The predicted octanol–water partition coefficient (Wildman–Crippen LogP) is 3.21. The quantitative estimate of drug-likeness (QED) is 0.927. The molecule has 1 saturated carbocycles. The minimum absolute atomic E-state index is 0.0622. The number of carbonyl (C=O) groups excluding carboxylic acids is 2. The first-order valence-electron chi connectivity index (χ1n) is 7.90. The van der Waals surface area contributed by atoms with E-state index in [1.807, 2.05) is 13.0 Å². The Hall–Kier alpha value is -2.04. The summed E-state index contributed by atoms with van der Waals surface area (Å²) >= 11 is 0. The van der Waals surface area contributed by atoms with Crippen LogP contribution in [-0.2, 0) is 9.59 Å². The van der Waals surface area contributed by atoms with E-state index in [0.29, 0.717) is 5.76 Å². The Bertz CT molecular complexity index is 637. The topological polar surface area (TPSA) is 70.8 Å². The first kappa shape index (κ1) is 14.9. The molecule has 1 atom stereocenters. The van der Waals surface area contributed by atoms with Crippen LogP contribution in [0.5, 0.6) is 0 Å². The molecule has 0 aromatic carbocycles. The number of amides is 1. The minimum Gasteiger partial charge on any atom is -0.503 e. The second-order valence-corrected chi connectivity index (χ2v) is 6.04. The van der Waals surface area contributed by atoms with Crippen LogP contribution in [0.3, 0.4) is 0 Å². The van der Waals surface area contributed by atoms with Crippen LogP contribution in [0.2, 0.25) is 0 Å². The first-order valence-corrected chi connectivity index (χ1v) is 7.90. The van der Waals surface area contributed by atoms with Gasteiger partial charge < -0.3 is 14.4 Å². The van der Waals surface area contributed by atoms with E-state index < -0.39 is 17.7 Å². The molecule has 1 N–H and O–H groups in total. The Labute approximate surface area is 129 Å². The molecule has 1 amide bonds. The summed E-state index contributed by atoms with van der Waals surface area (Å²) in [6.45, 7) is 3.56. The van der Waals surface area contributed by atoms with Gasteiger partial charge in [0.1, 0.15) is 17.6 Å². The molecule has 22 heavy (non-hydrogen) atoms. The number of Topliss-reactive ketones (excluding diaryl/α,β-unsaturated/α-hetero) is 1. The maximum absolute atomic E-state index is 12.5. The molecular formula is C17H21NO4. The van der Waals surface area contributed by atoms with Crippen molar-refractivity contribution in [2.45, 2.75) is 58.0 Å². The molecule has 1 unspecified atom stereocenters. The molecule has 2 heterocycles. The molecule has 0 radical (unpaired) electrons. The number of furan rings is 1. The lowest BCUT2D eigenvalue weighted by Gasteiger charge is -2.30. The summed E-state index contributed by atoms with van der Waals surface area (Å²) in [4.78, 5) is 26.5. The molecule has 1 aromatic heterocycles. The number of aryl methyl sites for hydroxylation is 1. The van der Waals surface area contributed by atoms with E-state index in [9.17, 15) is 14.7 Å². The number of nitrogens with zero attached hydrogens (tertiary/aromatic N) is 1. The normalized spacial score (nSPS) is 22.9. The van der Waals surface area contributed by atoms with E-state index in [2.05, 4.69) is 0 Å². The largest absolute Gasteiger partial charge is 0.503 e. The smallest absolute Gasteiger partial charge is 0.290 e. The zero-order valence-corrected chi connectivity index (χ0v) is 13.0. The summed E-state index contributed by atoms with van der Waals surface area (Å²) in [6.07, 6.45) is 4.19. The third-order valence-electron chi connectivity index (χ3n) is 4.61. The van der Waals surface area contributed by atoms with E-state index in [1.54, 1.807) is 17.9 Å². The third kappa shape index (κ3) is 2.25. The van der Waals surface area contributed by atoms with Crippen molar-refractivity contribution in [2.75, 3.05) is 0 Å². The van der Waals surface area contributed by atoms with Crippen molar-refractivity contribution in [1.29, 1.82) is 0 Å². The van der Waals surface area contributed by atoms with Gasteiger partial charge in [-0.25, -0.2) is 0 Å². The SMILES string of the molecule is CCC(=O)C1=C(O)C(=O)N(C2CCCC2)C1c1ccc(C)o1. The van der Waals surface area contributed by atoms with Gasteiger partial charge in [0.05, 0.1) is 5.57 Å². The Morgan fingerprint density at radius 2 is 2.05 bits per heavy atom. The second-order valence-electron chi connectivity index (χ2n) is 6.04. The van der Waals surface area contributed by atoms with E-state index in [1.165, 1.54) is 0 Å². The minimum atomic E-state index is -0.586. The lowest BCUT2D eigenvalue weighted by Crippen LogP contribution is -2.38. The van der Waals surface area contributed by atoms with Gasteiger partial charge in [0.25, 0.3) is 5.91 Å². The summed E-state index contributed by atoms with van der Waals surface area (Å²) in [5.41, 5.74) is 0.189. The van der Waals surface area contributed by atoms with Gasteiger partial charge in [-0.2, -0.15) is 0 Å². The number of carbonyl (C=O) groups is 2. The highest BCUT2D eigenvalue weighted by Crippen LogP contribution is 2.43. The highest BCUT2D eigenvalue weighted by Gasteiger charge is 2.47. The van der Waals surface area contributed by atoms with Crippen molar-refractivity contribution in [3.8, 4) is 0 Å². The van der Waals surface area contributed by atoms with Gasteiger partial charge >= 0.3 is 0 Å². The molecule has 2 aliphatic rings. The van der Waals surface area contributed by atoms with Crippen LogP contribution in [0.15, 0.2) is 27.9 Å². The lowest BCUT2D eigenvalue weighted by atomic mass is 9.99. The van der Waals surface area contributed by atoms with Crippen LogP contribution in [-0.4, -0.2) is 27.7 Å². The average molecular weight is 303 g/mol. The highest BCUT2D eigenvalue weighted by molar-refractivity contribution is 6.08. The number of aliphatic hydroxyl groups is 1. The van der Waals surface area contributed by atoms with Crippen LogP contribution in [0, 0.1) is 6.92 Å². The fraction of sp³-hybridized carbons (Fsp3) is 0.529. The molecule has 5 nitrogen and oxygen atoms in total. The lowest BCUT2D eigenvalue weighted by molar-refractivity contribution is -0.132. The standard InChI is InChI=1S/C17H21NO4/c1-3-12(19)14-15(13-9-8-10(2)22-13)18(17(21)16(14)20)11-6-4-5-7-11/h8-9,11,15,20H,3-7H2,1-2H3. The van der Waals surface area contributed by atoms with Crippen molar-refractivity contribution in [2.24, 2.45) is 0 Å². The van der Waals surface area contributed by atoms with Gasteiger partial charge in [-0.05, 0) is 31.9 Å². The number of hydrogen-bond acceptors (Lipinski definition) is 4. The monoisotopic (exact) mass is 303 g/mol. The number of ketones is 1. The van der Waals surface area contributed by atoms with Gasteiger partial charge in [-0.1, -0.05) is 19.8 Å². The van der Waals surface area contributed by atoms with Crippen molar-refractivity contribution in [3.63, 3.8) is 0 Å². The molecule has 1 aliphatic heterocycles. The third-order valence-corrected chi connectivity index (χ3v) is 4.61. The van der Waals surface area contributed by atoms with E-state index >= 15 is 0 Å². The fourth-order valence-corrected chi connectivity index (χ4v) is 3.54. The summed E-state index contributed by atoms with van der Waals surface area (Å²) in [7, 11) is 0. The Morgan fingerprint density at radius 3 is 2.59 bits per heavy atom. The van der Waals surface area contributed by atoms with E-state index in [0.717, 1.165) is 31.4 Å². The molecule has 1 aromatic rings. The summed E-state index contributed by atoms with van der Waals surface area (Å²) in [6, 6.07) is 3.08.